The average molecular weight is 362 g/mol. The van der Waals surface area contributed by atoms with Gasteiger partial charge in [-0.25, -0.2) is 4.79 Å². The largest absolute Gasteiger partial charge is 0.493 e. The molecule has 2 N–H and O–H groups in total. The number of ether oxygens (including phenoxy) is 2. The normalized spacial score (nSPS) is 40.5. The second kappa shape index (κ2) is 5.58. The van der Waals surface area contributed by atoms with Gasteiger partial charge in [-0.2, -0.15) is 0 Å². The maximum absolute atomic E-state index is 12.1. The summed E-state index contributed by atoms with van der Waals surface area (Å²) in [5.41, 5.74) is 0.486. The van der Waals surface area contributed by atoms with Crippen LogP contribution in [0, 0.1) is 10.8 Å². The number of rotatable bonds is 4. The van der Waals surface area contributed by atoms with Crippen LogP contribution in [-0.2, 0) is 0 Å². The number of aliphatic hydroxyl groups is 1. The highest BCUT2D eigenvalue weighted by molar-refractivity contribution is 5.94. The summed E-state index contributed by atoms with van der Waals surface area (Å²) in [5.74, 6) is -0.354. The summed E-state index contributed by atoms with van der Waals surface area (Å²) < 4.78 is 10.7. The lowest BCUT2D eigenvalue weighted by Gasteiger charge is -2.68. The van der Waals surface area contributed by atoms with Gasteiger partial charge >= 0.3 is 5.97 Å². The van der Waals surface area contributed by atoms with Crippen molar-refractivity contribution in [2.24, 2.45) is 10.8 Å². The van der Waals surface area contributed by atoms with Gasteiger partial charge in [0, 0.05) is 42.6 Å². The van der Waals surface area contributed by atoms with Crippen molar-refractivity contribution < 1.29 is 24.5 Å². The quantitative estimate of drug-likeness (QED) is 0.838. The summed E-state index contributed by atoms with van der Waals surface area (Å²) in [6, 6.07) is 3.60. The summed E-state index contributed by atoms with van der Waals surface area (Å²) in [6.07, 6.45) is -0.470. The Hall–Kier alpha value is -1.83. The van der Waals surface area contributed by atoms with Crippen LogP contribution in [0.15, 0.2) is 12.1 Å². The van der Waals surface area contributed by atoms with Crippen LogP contribution in [0.2, 0.25) is 0 Å². The summed E-state index contributed by atoms with van der Waals surface area (Å²) in [4.78, 5) is 16.7. The molecule has 0 saturated carbocycles. The van der Waals surface area contributed by atoms with Gasteiger partial charge in [-0.05, 0) is 6.07 Å². The van der Waals surface area contributed by atoms with E-state index < -0.39 is 5.97 Å². The minimum Gasteiger partial charge on any atom is -0.493 e. The number of carboxylic acid groups (broad SMARTS) is 1. The standard InChI is InChI=1S/C19H26N2O5/c1-18-7-20-9-19(2,17(18)24)10-21(8-18)15(20)11-5-6-12(25-3)14(26-4)13(11)16(22)23/h5-6,15,17,24H,7-10H2,1-4H3,(H,22,23). The molecular weight excluding hydrogens is 336 g/mol. The first-order chi connectivity index (χ1) is 12.2. The first kappa shape index (κ1) is 17.6. The smallest absolute Gasteiger partial charge is 0.340 e. The lowest BCUT2D eigenvalue weighted by molar-refractivity contribution is -0.253. The van der Waals surface area contributed by atoms with Crippen molar-refractivity contribution in [3.63, 3.8) is 0 Å². The minimum atomic E-state index is -1.02. The van der Waals surface area contributed by atoms with Crippen molar-refractivity contribution in [2.75, 3.05) is 40.4 Å². The molecule has 0 aliphatic carbocycles. The molecule has 1 aromatic carbocycles. The van der Waals surface area contributed by atoms with Crippen LogP contribution in [0.4, 0.5) is 0 Å². The third kappa shape index (κ3) is 2.20. The van der Waals surface area contributed by atoms with E-state index in [1.807, 2.05) is 6.07 Å². The summed E-state index contributed by atoms with van der Waals surface area (Å²) in [7, 11) is 2.96. The van der Waals surface area contributed by atoms with Crippen LogP contribution < -0.4 is 9.47 Å². The van der Waals surface area contributed by atoms with Gasteiger partial charge in [-0.15, -0.1) is 0 Å². The summed E-state index contributed by atoms with van der Waals surface area (Å²) >= 11 is 0. The molecule has 7 nitrogen and oxygen atoms in total. The number of piperidine rings is 2. The SMILES string of the molecule is COc1ccc(C2N3CC4(C)CN2CC(C)(C3)C4O)c(C(=O)O)c1OC. The Morgan fingerprint density at radius 2 is 1.62 bits per heavy atom. The fourth-order valence-corrected chi connectivity index (χ4v) is 5.60. The average Bonchev–Trinajstić information content (AvgIpc) is 2.57. The molecule has 0 radical (unpaired) electrons. The number of methoxy groups -OCH3 is 2. The molecule has 0 atom stereocenters. The van der Waals surface area contributed by atoms with Gasteiger partial charge in [0.05, 0.1) is 26.5 Å². The van der Waals surface area contributed by atoms with E-state index >= 15 is 0 Å². The molecule has 0 spiro atoms. The first-order valence-corrected chi connectivity index (χ1v) is 8.88. The van der Waals surface area contributed by atoms with Crippen LogP contribution in [0.5, 0.6) is 11.5 Å². The predicted molar refractivity (Wildman–Crippen MR) is 94.6 cm³/mol. The van der Waals surface area contributed by atoms with Gasteiger partial charge in [-0.1, -0.05) is 19.9 Å². The van der Waals surface area contributed by atoms with Gasteiger partial charge in [0.1, 0.15) is 5.56 Å². The Morgan fingerprint density at radius 1 is 1.08 bits per heavy atom. The number of carbonyl (C=O) groups is 1. The van der Waals surface area contributed by atoms with E-state index in [0.29, 0.717) is 5.75 Å². The molecule has 142 valence electrons. The molecule has 4 saturated heterocycles. The zero-order chi connectivity index (χ0) is 18.9. The maximum Gasteiger partial charge on any atom is 0.340 e. The molecular formula is C19H26N2O5. The van der Waals surface area contributed by atoms with Crippen molar-refractivity contribution in [3.05, 3.63) is 23.3 Å². The second-order valence-corrected chi connectivity index (χ2v) is 8.46. The molecule has 0 amide bonds. The summed E-state index contributed by atoms with van der Waals surface area (Å²) in [6.45, 7) is 7.24. The highest BCUT2D eigenvalue weighted by atomic mass is 16.5. The number of carboxylic acids is 1. The van der Waals surface area contributed by atoms with Gasteiger partial charge in [0.15, 0.2) is 11.5 Å². The Bertz CT molecular complexity index is 727. The first-order valence-electron chi connectivity index (χ1n) is 8.88. The molecule has 0 aromatic heterocycles. The van der Waals surface area contributed by atoms with E-state index in [2.05, 4.69) is 23.6 Å². The van der Waals surface area contributed by atoms with Crippen LogP contribution in [0.1, 0.15) is 35.9 Å². The Kier molecular flexibility index (Phi) is 3.77. The molecule has 4 aliphatic heterocycles. The topological polar surface area (TPSA) is 82.5 Å². The highest BCUT2D eigenvalue weighted by Crippen LogP contribution is 2.55. The van der Waals surface area contributed by atoms with Crippen LogP contribution in [0.3, 0.4) is 0 Å². The van der Waals surface area contributed by atoms with E-state index in [9.17, 15) is 15.0 Å². The number of aliphatic hydroxyl groups excluding tert-OH is 1. The van der Waals surface area contributed by atoms with Crippen molar-refractivity contribution in [1.29, 1.82) is 0 Å². The van der Waals surface area contributed by atoms with Crippen LogP contribution in [0.25, 0.3) is 0 Å². The van der Waals surface area contributed by atoms with E-state index in [-0.39, 0.29) is 34.4 Å². The van der Waals surface area contributed by atoms with Gasteiger partial charge < -0.3 is 19.7 Å². The van der Waals surface area contributed by atoms with Crippen molar-refractivity contribution in [1.82, 2.24) is 9.80 Å². The van der Waals surface area contributed by atoms with Crippen LogP contribution in [-0.4, -0.2) is 72.5 Å². The second-order valence-electron chi connectivity index (χ2n) is 8.46. The number of hydrogen-bond acceptors (Lipinski definition) is 6. The Balaban J connectivity index is 1.82. The highest BCUT2D eigenvalue weighted by Gasteiger charge is 2.62. The zero-order valence-electron chi connectivity index (χ0n) is 15.7. The lowest BCUT2D eigenvalue weighted by atomic mass is 9.60. The number of aromatic carboxylic acids is 1. The number of nitrogens with zero attached hydrogens (tertiary/aromatic N) is 2. The molecule has 4 heterocycles. The van der Waals surface area contributed by atoms with Crippen LogP contribution >= 0.6 is 0 Å². The number of hydrogen-bond donors (Lipinski definition) is 2. The third-order valence-electron chi connectivity index (χ3n) is 6.34. The molecule has 4 bridgehead atoms. The number of benzene rings is 1. The lowest BCUT2D eigenvalue weighted by Crippen LogP contribution is -2.76. The Morgan fingerprint density at radius 3 is 2.04 bits per heavy atom. The van der Waals surface area contributed by atoms with E-state index in [4.69, 9.17) is 9.47 Å². The minimum absolute atomic E-state index is 0.130. The molecule has 0 unspecified atom stereocenters. The third-order valence-corrected chi connectivity index (χ3v) is 6.34. The fraction of sp³-hybridized carbons (Fsp3) is 0.632. The molecule has 7 heteroatoms. The van der Waals surface area contributed by atoms with Gasteiger partial charge in [0.2, 0.25) is 0 Å². The maximum atomic E-state index is 12.1. The van der Waals surface area contributed by atoms with Gasteiger partial charge in [0.25, 0.3) is 0 Å². The Labute approximate surface area is 153 Å². The van der Waals surface area contributed by atoms with E-state index in [1.165, 1.54) is 14.2 Å². The fourth-order valence-electron chi connectivity index (χ4n) is 5.60. The van der Waals surface area contributed by atoms with Crippen molar-refractivity contribution in [2.45, 2.75) is 26.1 Å². The molecule has 5 rings (SSSR count). The summed E-state index contributed by atoms with van der Waals surface area (Å²) in [5, 5.41) is 20.7. The predicted octanol–water partition coefficient (Wildman–Crippen LogP) is 1.42. The van der Waals surface area contributed by atoms with E-state index in [1.54, 1.807) is 6.07 Å². The van der Waals surface area contributed by atoms with Crippen molar-refractivity contribution >= 4 is 5.97 Å². The molecule has 26 heavy (non-hydrogen) atoms. The monoisotopic (exact) mass is 362 g/mol. The van der Waals surface area contributed by atoms with Crippen molar-refractivity contribution in [3.8, 4) is 11.5 Å². The molecule has 4 aliphatic rings. The van der Waals surface area contributed by atoms with Gasteiger partial charge in [-0.3, -0.25) is 9.80 Å². The zero-order valence-corrected chi connectivity index (χ0v) is 15.7. The molecule has 4 fully saturated rings. The molecule has 1 aromatic rings. The van der Waals surface area contributed by atoms with E-state index in [0.717, 1.165) is 31.7 Å².